The van der Waals surface area contributed by atoms with E-state index in [1.807, 2.05) is 0 Å². The van der Waals surface area contributed by atoms with Crippen molar-refractivity contribution in [3.8, 4) is 11.6 Å². The van der Waals surface area contributed by atoms with Gasteiger partial charge in [-0.25, -0.2) is 9.55 Å². The Kier molecular flexibility index (Phi) is 9.97. The molecule has 0 spiro atoms. The van der Waals surface area contributed by atoms with Gasteiger partial charge in [0.15, 0.2) is 17.4 Å². The summed E-state index contributed by atoms with van der Waals surface area (Å²) in [5.74, 6) is -0.678. The molecule has 0 aliphatic carbocycles. The molecule has 1 fully saturated rings. The molecule has 0 amide bonds. The minimum absolute atomic E-state index is 0.00741. The van der Waals surface area contributed by atoms with Gasteiger partial charge in [-0.15, -0.1) is 0 Å². The number of aliphatic hydroxyl groups excluding tert-OH is 1. The van der Waals surface area contributed by atoms with E-state index < -0.39 is 50.3 Å². The molecular formula is C24H31ClN9O8P. The van der Waals surface area contributed by atoms with Crippen LogP contribution in [-0.2, 0) is 23.4 Å². The highest BCUT2D eigenvalue weighted by molar-refractivity contribution is 7.52. The number of nitrogens with one attached hydrogen (secondary N) is 1. The van der Waals surface area contributed by atoms with Crippen LogP contribution in [0.3, 0.4) is 0 Å². The Morgan fingerprint density at radius 3 is 2.79 bits per heavy atom. The fourth-order valence-electron chi connectivity index (χ4n) is 4.37. The molecule has 3 aromatic rings. The van der Waals surface area contributed by atoms with Crippen molar-refractivity contribution in [2.24, 2.45) is 5.11 Å². The van der Waals surface area contributed by atoms with E-state index in [4.69, 9.17) is 40.6 Å². The number of nitrogens with two attached hydrogens (primary N) is 1. The fraction of sp³-hybridized carbons (Fsp3) is 0.500. The van der Waals surface area contributed by atoms with E-state index in [1.54, 1.807) is 26.0 Å². The first-order chi connectivity index (χ1) is 20.5. The largest absolute Gasteiger partial charge is 0.476 e. The third-order valence-electron chi connectivity index (χ3n) is 6.41. The quantitative estimate of drug-likeness (QED) is 0.0799. The molecule has 17 nitrogen and oxygen atoms in total. The predicted molar refractivity (Wildman–Crippen MR) is 153 cm³/mol. The predicted octanol–water partition coefficient (Wildman–Crippen LogP) is 3.53. The Bertz CT molecular complexity index is 1570. The number of aliphatic hydroxyl groups is 1. The van der Waals surface area contributed by atoms with Gasteiger partial charge in [0.2, 0.25) is 11.8 Å². The molecule has 4 N–H and O–H groups in total. The molecule has 1 saturated heterocycles. The van der Waals surface area contributed by atoms with Crippen LogP contribution in [0.25, 0.3) is 21.6 Å². The molecule has 0 saturated carbocycles. The van der Waals surface area contributed by atoms with Crippen LogP contribution < -0.4 is 20.1 Å². The van der Waals surface area contributed by atoms with Gasteiger partial charge in [-0.2, -0.15) is 15.1 Å². The smallest absolute Gasteiger partial charge is 0.459 e. The number of ether oxygens (including phenoxy) is 3. The average Bonchev–Trinajstić information content (AvgIpc) is 3.47. The Morgan fingerprint density at radius 2 is 2.12 bits per heavy atom. The van der Waals surface area contributed by atoms with Crippen molar-refractivity contribution in [2.75, 3.05) is 25.6 Å². The topological polar surface area (TPSA) is 231 Å². The van der Waals surface area contributed by atoms with Crippen LogP contribution in [0.15, 0.2) is 35.7 Å². The van der Waals surface area contributed by atoms with Crippen LogP contribution in [-0.4, -0.2) is 74.2 Å². The highest BCUT2D eigenvalue weighted by atomic mass is 35.5. The second-order valence-corrected chi connectivity index (χ2v) is 11.5. The number of para-hydroxylation sites is 1. The molecule has 1 unspecified atom stereocenters. The standard InChI is InChI=1S/C24H31ClN9O8P/c1-5-38-20-17-19(29-23(26)30-20)34(12-28-17)22-24(4,32-33-27)18(35)16(41-22)11-40-43(37,31-13(3)21(36)39-6-2)42-15-10-8-7-9-14(15)25/h7-10,12-13,16,18,22,35H,5-6,11H2,1-4H3,(H,31,37)(H2,26,29,30)/t13-,16+,18+,22+,24+,43?/m0/s1. The lowest BCUT2D eigenvalue weighted by Gasteiger charge is -2.28. The molecule has 0 bridgehead atoms. The van der Waals surface area contributed by atoms with Crippen LogP contribution in [0, 0.1) is 0 Å². The molecule has 3 heterocycles. The molecule has 43 heavy (non-hydrogen) atoms. The third-order valence-corrected chi connectivity index (χ3v) is 8.35. The number of carbonyl (C=O) groups excluding carboxylic acids is 1. The average molecular weight is 640 g/mol. The number of aromatic nitrogens is 4. The van der Waals surface area contributed by atoms with E-state index in [-0.39, 0.29) is 47.0 Å². The summed E-state index contributed by atoms with van der Waals surface area (Å²) >= 11 is 6.20. The Labute approximate surface area is 250 Å². The van der Waals surface area contributed by atoms with E-state index in [1.165, 1.54) is 36.9 Å². The van der Waals surface area contributed by atoms with Crippen molar-refractivity contribution in [1.82, 2.24) is 24.6 Å². The number of benzene rings is 1. The van der Waals surface area contributed by atoms with Gasteiger partial charge in [0.05, 0.1) is 37.3 Å². The minimum Gasteiger partial charge on any atom is -0.476 e. The highest BCUT2D eigenvalue weighted by Gasteiger charge is 2.55. The van der Waals surface area contributed by atoms with Gasteiger partial charge in [0.25, 0.3) is 0 Å². The van der Waals surface area contributed by atoms with Gasteiger partial charge < -0.3 is 29.6 Å². The number of rotatable bonds is 13. The van der Waals surface area contributed by atoms with Crippen LogP contribution >= 0.6 is 19.3 Å². The summed E-state index contributed by atoms with van der Waals surface area (Å²) in [5, 5.41) is 17.8. The van der Waals surface area contributed by atoms with Crippen molar-refractivity contribution in [1.29, 1.82) is 0 Å². The van der Waals surface area contributed by atoms with Crippen LogP contribution in [0.5, 0.6) is 11.6 Å². The first-order valence-corrected chi connectivity index (χ1v) is 15.0. The summed E-state index contributed by atoms with van der Waals surface area (Å²) in [6.45, 7) is 6.08. The summed E-state index contributed by atoms with van der Waals surface area (Å²) in [4.78, 5) is 27.8. The number of nitrogens with zero attached hydrogens (tertiary/aromatic N) is 7. The molecule has 0 radical (unpaired) electrons. The zero-order valence-corrected chi connectivity index (χ0v) is 25.3. The van der Waals surface area contributed by atoms with E-state index >= 15 is 0 Å². The number of carbonyl (C=O) groups is 1. The van der Waals surface area contributed by atoms with Gasteiger partial charge in [0.1, 0.15) is 23.4 Å². The number of azide groups is 1. The monoisotopic (exact) mass is 639 g/mol. The second kappa shape index (κ2) is 13.3. The molecule has 19 heteroatoms. The van der Waals surface area contributed by atoms with Gasteiger partial charge in [-0.3, -0.25) is 13.9 Å². The van der Waals surface area contributed by atoms with Crippen molar-refractivity contribution >= 4 is 42.4 Å². The Hall–Kier alpha value is -3.69. The molecule has 2 aromatic heterocycles. The number of hydrogen-bond acceptors (Lipinski definition) is 13. The number of anilines is 1. The minimum atomic E-state index is -4.38. The Balaban J connectivity index is 1.65. The Morgan fingerprint density at radius 1 is 1.37 bits per heavy atom. The van der Waals surface area contributed by atoms with Crippen molar-refractivity contribution in [3.63, 3.8) is 0 Å². The van der Waals surface area contributed by atoms with E-state index in [9.17, 15) is 20.0 Å². The highest BCUT2D eigenvalue weighted by Crippen LogP contribution is 2.49. The van der Waals surface area contributed by atoms with Gasteiger partial charge >= 0.3 is 13.7 Å². The number of halogens is 1. The summed E-state index contributed by atoms with van der Waals surface area (Å²) in [7, 11) is -4.38. The third kappa shape index (κ3) is 6.78. The summed E-state index contributed by atoms with van der Waals surface area (Å²) in [6, 6.07) is 5.09. The van der Waals surface area contributed by atoms with E-state index in [2.05, 4.69) is 30.1 Å². The van der Waals surface area contributed by atoms with Gasteiger partial charge in [-0.05, 0) is 45.4 Å². The van der Waals surface area contributed by atoms with E-state index in [0.29, 0.717) is 0 Å². The van der Waals surface area contributed by atoms with Crippen LogP contribution in [0.4, 0.5) is 5.95 Å². The van der Waals surface area contributed by atoms with Crippen molar-refractivity contribution in [2.45, 2.75) is 57.7 Å². The van der Waals surface area contributed by atoms with Gasteiger partial charge in [0, 0.05) is 4.91 Å². The number of nitrogen functional groups attached to an aromatic ring is 1. The van der Waals surface area contributed by atoms with Crippen molar-refractivity contribution < 1.29 is 37.7 Å². The van der Waals surface area contributed by atoms with Crippen LogP contribution in [0.1, 0.15) is 33.9 Å². The lowest BCUT2D eigenvalue weighted by atomic mass is 9.93. The summed E-state index contributed by atoms with van der Waals surface area (Å²) < 4.78 is 43.3. The second-order valence-electron chi connectivity index (χ2n) is 9.45. The maximum absolute atomic E-state index is 13.9. The first-order valence-electron chi connectivity index (χ1n) is 13.1. The molecule has 4 rings (SSSR count). The number of esters is 1. The SMILES string of the molecule is CCOC(=O)[C@H](C)NP(=O)(OC[C@H]1O[C@@H](n2cnc3c(OCC)nc(N)nc32)[C@](C)(N=[N+]=[N-])[C@@H]1O)Oc1ccccc1Cl. The lowest BCUT2D eigenvalue weighted by molar-refractivity contribution is -0.144. The summed E-state index contributed by atoms with van der Waals surface area (Å²) in [6.07, 6.45) is -2.56. The zero-order chi connectivity index (χ0) is 31.4. The normalized spacial score (nSPS) is 23.7. The number of hydrogen-bond donors (Lipinski definition) is 3. The van der Waals surface area contributed by atoms with Crippen LogP contribution in [0.2, 0.25) is 5.02 Å². The number of imidazole rings is 1. The first kappa shape index (κ1) is 32.2. The van der Waals surface area contributed by atoms with Gasteiger partial charge in [-0.1, -0.05) is 28.8 Å². The lowest BCUT2D eigenvalue weighted by Crippen LogP contribution is -2.43. The zero-order valence-electron chi connectivity index (χ0n) is 23.7. The summed E-state index contributed by atoms with van der Waals surface area (Å²) in [5.41, 5.74) is 14.1. The maximum Gasteiger partial charge on any atom is 0.459 e. The molecule has 1 aliphatic heterocycles. The van der Waals surface area contributed by atoms with Crippen molar-refractivity contribution in [3.05, 3.63) is 46.1 Å². The maximum atomic E-state index is 13.9. The molecule has 6 atom stereocenters. The van der Waals surface area contributed by atoms with E-state index in [0.717, 1.165) is 0 Å². The molecule has 1 aromatic carbocycles. The fourth-order valence-corrected chi connectivity index (χ4v) is 6.11. The molecule has 1 aliphatic rings. The molecular weight excluding hydrogens is 609 g/mol. The number of fused-ring (bicyclic) bond motifs is 1. The molecule has 232 valence electrons.